The molecule has 0 aliphatic rings. The average molecular weight is 477 g/mol. The van der Waals surface area contributed by atoms with Crippen LogP contribution in [0.15, 0.2) is 72.8 Å². The molecule has 0 aliphatic heterocycles. The van der Waals surface area contributed by atoms with Gasteiger partial charge in [-0.1, -0.05) is 85.3 Å². The van der Waals surface area contributed by atoms with Gasteiger partial charge in [0.15, 0.2) is 0 Å². The molecule has 0 heterocycles. The van der Waals surface area contributed by atoms with Gasteiger partial charge in [0.2, 0.25) is 11.8 Å². The Morgan fingerprint density at radius 3 is 2.29 bits per heavy atom. The predicted octanol–water partition coefficient (Wildman–Crippen LogP) is 5.67. The average Bonchev–Trinajstić information content (AvgIpc) is 2.83. The van der Waals surface area contributed by atoms with Crippen LogP contribution in [0.3, 0.4) is 0 Å². The Labute approximate surface area is 207 Å². The largest absolute Gasteiger partial charge is 0.354 e. The van der Waals surface area contributed by atoms with E-state index in [-0.39, 0.29) is 24.8 Å². The first-order chi connectivity index (χ1) is 16.4. The van der Waals surface area contributed by atoms with Crippen molar-refractivity contribution in [3.8, 4) is 0 Å². The molecule has 34 heavy (non-hydrogen) atoms. The fraction of sp³-hybridized carbons (Fsp3) is 0.310. The molecule has 0 saturated carbocycles. The maximum absolute atomic E-state index is 13.7. The van der Waals surface area contributed by atoms with Crippen molar-refractivity contribution >= 4 is 23.4 Å². The summed E-state index contributed by atoms with van der Waals surface area (Å²) in [5.41, 5.74) is 5.08. The lowest BCUT2D eigenvalue weighted by Crippen LogP contribution is -2.51. The second kappa shape index (κ2) is 12.4. The number of benzene rings is 3. The zero-order valence-electron chi connectivity index (χ0n) is 20.2. The topological polar surface area (TPSA) is 49.4 Å². The Hall–Kier alpha value is -3.11. The fourth-order valence-electron chi connectivity index (χ4n) is 3.92. The number of aryl methyl sites for hydroxylation is 2. The number of carbonyl (C=O) groups is 2. The first kappa shape index (κ1) is 25.5. The van der Waals surface area contributed by atoms with E-state index < -0.39 is 6.04 Å². The number of nitrogens with one attached hydrogen (secondary N) is 1. The molecule has 3 aromatic rings. The summed E-state index contributed by atoms with van der Waals surface area (Å²) in [6.45, 7) is 6.94. The van der Waals surface area contributed by atoms with Crippen molar-refractivity contribution in [1.82, 2.24) is 10.2 Å². The van der Waals surface area contributed by atoms with Gasteiger partial charge in [-0.05, 0) is 54.2 Å². The summed E-state index contributed by atoms with van der Waals surface area (Å²) < 4.78 is 0. The molecule has 0 spiro atoms. The molecule has 1 atom stereocenters. The van der Waals surface area contributed by atoms with Crippen LogP contribution in [0, 0.1) is 13.8 Å². The van der Waals surface area contributed by atoms with Crippen LogP contribution in [0.25, 0.3) is 0 Å². The second-order valence-corrected chi connectivity index (χ2v) is 9.11. The highest BCUT2D eigenvalue weighted by atomic mass is 35.5. The van der Waals surface area contributed by atoms with Crippen LogP contribution < -0.4 is 5.32 Å². The molecule has 3 rings (SSSR count). The molecule has 4 nitrogen and oxygen atoms in total. The van der Waals surface area contributed by atoms with Gasteiger partial charge < -0.3 is 10.2 Å². The third-order valence-corrected chi connectivity index (χ3v) is 6.41. The first-order valence-corrected chi connectivity index (χ1v) is 12.2. The highest BCUT2D eigenvalue weighted by Crippen LogP contribution is 2.22. The van der Waals surface area contributed by atoms with Gasteiger partial charge in [-0.15, -0.1) is 0 Å². The minimum absolute atomic E-state index is 0.101. The lowest BCUT2D eigenvalue weighted by Gasteiger charge is -2.32. The zero-order valence-corrected chi connectivity index (χ0v) is 20.9. The lowest BCUT2D eigenvalue weighted by molar-refractivity contribution is -0.140. The third-order valence-electron chi connectivity index (χ3n) is 6.05. The Morgan fingerprint density at radius 2 is 1.62 bits per heavy atom. The molecule has 0 saturated heterocycles. The Kier molecular flexibility index (Phi) is 9.29. The van der Waals surface area contributed by atoms with E-state index in [1.54, 1.807) is 4.90 Å². The molecule has 0 aromatic heterocycles. The minimum atomic E-state index is -0.649. The molecule has 2 amide bonds. The van der Waals surface area contributed by atoms with E-state index in [2.05, 4.69) is 12.2 Å². The second-order valence-electron chi connectivity index (χ2n) is 8.70. The van der Waals surface area contributed by atoms with E-state index >= 15 is 0 Å². The van der Waals surface area contributed by atoms with Crippen molar-refractivity contribution in [3.05, 3.63) is 106 Å². The Bertz CT molecular complexity index is 1110. The van der Waals surface area contributed by atoms with Gasteiger partial charge in [-0.2, -0.15) is 0 Å². The minimum Gasteiger partial charge on any atom is -0.354 e. The number of carbonyl (C=O) groups excluding carboxylic acids is 2. The molecule has 0 fully saturated rings. The molecule has 178 valence electrons. The highest BCUT2D eigenvalue weighted by molar-refractivity contribution is 6.31. The number of hydrogen-bond donors (Lipinski definition) is 1. The van der Waals surface area contributed by atoms with Crippen molar-refractivity contribution < 1.29 is 9.59 Å². The van der Waals surface area contributed by atoms with Gasteiger partial charge in [0, 0.05) is 24.5 Å². The molecule has 5 heteroatoms. The summed E-state index contributed by atoms with van der Waals surface area (Å²) in [6.07, 6.45) is 1.47. The van der Waals surface area contributed by atoms with Crippen LogP contribution in [-0.4, -0.2) is 29.3 Å². The number of hydrogen-bond acceptors (Lipinski definition) is 2. The van der Waals surface area contributed by atoms with Gasteiger partial charge in [-0.3, -0.25) is 9.59 Å². The van der Waals surface area contributed by atoms with Gasteiger partial charge in [0.05, 0.1) is 6.42 Å². The first-order valence-electron chi connectivity index (χ1n) is 11.8. The Balaban J connectivity index is 1.97. The van der Waals surface area contributed by atoms with Crippen molar-refractivity contribution in [2.45, 2.75) is 52.6 Å². The van der Waals surface area contributed by atoms with Gasteiger partial charge in [0.1, 0.15) is 6.04 Å². The molecule has 1 N–H and O–H groups in total. The summed E-state index contributed by atoms with van der Waals surface area (Å²) in [6, 6.07) is 22.7. The van der Waals surface area contributed by atoms with E-state index in [1.165, 1.54) is 5.56 Å². The normalized spacial score (nSPS) is 11.6. The SMILES string of the molecule is CCCNC(=O)C(Cc1ccccc1)N(Cc1ccccc1Cl)C(=O)Cc1ccc(C)c(C)c1. The quantitative estimate of drug-likeness (QED) is 0.410. The van der Waals surface area contributed by atoms with E-state index in [0.29, 0.717) is 18.0 Å². The van der Waals surface area contributed by atoms with Crippen LogP contribution in [-0.2, 0) is 29.0 Å². The molecular formula is C29H33ClN2O2. The summed E-state index contributed by atoms with van der Waals surface area (Å²) in [5.74, 6) is -0.248. The highest BCUT2D eigenvalue weighted by Gasteiger charge is 2.30. The molecule has 3 aromatic carbocycles. The molecular weight excluding hydrogens is 444 g/mol. The van der Waals surface area contributed by atoms with Crippen LogP contribution in [0.4, 0.5) is 0 Å². The zero-order chi connectivity index (χ0) is 24.5. The van der Waals surface area contributed by atoms with Crippen LogP contribution in [0.1, 0.15) is 41.2 Å². The maximum Gasteiger partial charge on any atom is 0.243 e. The lowest BCUT2D eigenvalue weighted by atomic mass is 10.00. The molecule has 1 unspecified atom stereocenters. The summed E-state index contributed by atoms with van der Waals surface area (Å²) in [7, 11) is 0. The molecule has 0 aliphatic carbocycles. The smallest absolute Gasteiger partial charge is 0.243 e. The maximum atomic E-state index is 13.7. The van der Waals surface area contributed by atoms with Crippen LogP contribution in [0.5, 0.6) is 0 Å². The monoisotopic (exact) mass is 476 g/mol. The van der Waals surface area contributed by atoms with E-state index in [1.807, 2.05) is 86.6 Å². The van der Waals surface area contributed by atoms with Gasteiger partial charge >= 0.3 is 0 Å². The van der Waals surface area contributed by atoms with E-state index in [9.17, 15) is 9.59 Å². The molecule has 0 bridgehead atoms. The number of amides is 2. The van der Waals surface area contributed by atoms with Gasteiger partial charge in [-0.25, -0.2) is 0 Å². The molecule has 0 radical (unpaired) electrons. The number of nitrogens with zero attached hydrogens (tertiary/aromatic N) is 1. The third kappa shape index (κ3) is 6.94. The number of rotatable bonds is 10. The Morgan fingerprint density at radius 1 is 0.912 bits per heavy atom. The van der Waals surface area contributed by atoms with Crippen LogP contribution in [0.2, 0.25) is 5.02 Å². The van der Waals surface area contributed by atoms with Gasteiger partial charge in [0.25, 0.3) is 0 Å². The van der Waals surface area contributed by atoms with E-state index in [4.69, 9.17) is 11.6 Å². The standard InChI is InChI=1S/C29H33ClN2O2/c1-4-16-31-29(34)27(18-23-10-6-5-7-11-23)32(20-25-12-8-9-13-26(25)30)28(33)19-24-15-14-21(2)22(3)17-24/h5-15,17,27H,4,16,18-20H2,1-3H3,(H,31,34). The van der Waals surface area contributed by atoms with Crippen molar-refractivity contribution in [2.75, 3.05) is 6.54 Å². The fourth-order valence-corrected chi connectivity index (χ4v) is 4.12. The van der Waals surface area contributed by atoms with E-state index in [0.717, 1.165) is 28.7 Å². The van der Waals surface area contributed by atoms with Crippen molar-refractivity contribution in [2.24, 2.45) is 0 Å². The summed E-state index contributed by atoms with van der Waals surface area (Å²) in [4.78, 5) is 28.8. The summed E-state index contributed by atoms with van der Waals surface area (Å²) in [5, 5.41) is 3.59. The number of halogens is 1. The van der Waals surface area contributed by atoms with Crippen molar-refractivity contribution in [1.29, 1.82) is 0 Å². The predicted molar refractivity (Wildman–Crippen MR) is 139 cm³/mol. The van der Waals surface area contributed by atoms with Crippen molar-refractivity contribution in [3.63, 3.8) is 0 Å². The summed E-state index contributed by atoms with van der Waals surface area (Å²) >= 11 is 6.46. The van der Waals surface area contributed by atoms with Crippen LogP contribution >= 0.6 is 11.6 Å².